The topological polar surface area (TPSA) is 85.4 Å². The van der Waals surface area contributed by atoms with Crippen molar-refractivity contribution in [1.82, 2.24) is 4.98 Å². The minimum Gasteiger partial charge on any atom is -0.452 e. The number of pyridine rings is 1. The number of ketones is 1. The van der Waals surface area contributed by atoms with Crippen molar-refractivity contribution in [1.29, 1.82) is 0 Å². The molecule has 1 aromatic heterocycles. The number of benzene rings is 2. The molecule has 0 saturated heterocycles. The lowest BCUT2D eigenvalue weighted by molar-refractivity contribution is -0.119. The first-order chi connectivity index (χ1) is 13.1. The molecule has 0 fully saturated rings. The Labute approximate surface area is 155 Å². The van der Waals surface area contributed by atoms with E-state index < -0.39 is 18.5 Å². The van der Waals surface area contributed by atoms with Gasteiger partial charge in [-0.2, -0.15) is 0 Å². The van der Waals surface area contributed by atoms with Gasteiger partial charge in [0, 0.05) is 23.5 Å². The van der Waals surface area contributed by atoms with Crippen LogP contribution in [0.3, 0.4) is 0 Å². The number of rotatable bonds is 6. The van der Waals surface area contributed by atoms with Crippen LogP contribution in [0.2, 0.25) is 0 Å². The van der Waals surface area contributed by atoms with E-state index in [0.717, 1.165) is 0 Å². The van der Waals surface area contributed by atoms with Crippen molar-refractivity contribution in [2.24, 2.45) is 0 Å². The minimum atomic E-state index is -0.624. The molecule has 0 aliphatic heterocycles. The Morgan fingerprint density at radius 2 is 1.48 bits per heavy atom. The Morgan fingerprint density at radius 3 is 2.22 bits per heavy atom. The smallest absolute Gasteiger partial charge is 0.338 e. The molecular weight excluding hydrogens is 344 g/mol. The second-order valence-electron chi connectivity index (χ2n) is 5.60. The molecular formula is C21H16N2O4. The molecule has 1 amide bonds. The third-order valence-corrected chi connectivity index (χ3v) is 3.73. The molecule has 6 heteroatoms. The largest absolute Gasteiger partial charge is 0.452 e. The van der Waals surface area contributed by atoms with E-state index in [1.54, 1.807) is 48.5 Å². The maximum Gasteiger partial charge on any atom is 0.338 e. The number of nitrogens with zero attached hydrogens (tertiary/aromatic N) is 1. The highest BCUT2D eigenvalue weighted by atomic mass is 16.5. The lowest BCUT2D eigenvalue weighted by Crippen LogP contribution is -2.22. The second kappa shape index (κ2) is 8.53. The van der Waals surface area contributed by atoms with Crippen LogP contribution in [-0.4, -0.2) is 29.3 Å². The van der Waals surface area contributed by atoms with Gasteiger partial charge in [0.25, 0.3) is 5.91 Å². The zero-order valence-corrected chi connectivity index (χ0v) is 14.3. The summed E-state index contributed by atoms with van der Waals surface area (Å²) in [5.74, 6) is -1.37. The van der Waals surface area contributed by atoms with Gasteiger partial charge in [-0.25, -0.2) is 4.79 Å². The average Bonchev–Trinajstić information content (AvgIpc) is 2.73. The number of aromatic nitrogens is 1. The van der Waals surface area contributed by atoms with E-state index >= 15 is 0 Å². The Balaban J connectivity index is 1.66. The van der Waals surface area contributed by atoms with E-state index in [1.165, 1.54) is 24.5 Å². The molecule has 0 aliphatic rings. The standard InChI is InChI=1S/C21H16N2O4/c24-19(14-27-21(26)16-10-12-22-13-11-16)23-18-9-5-4-8-17(18)20(25)15-6-2-1-3-7-15/h1-13H,14H2,(H,23,24). The van der Waals surface area contributed by atoms with Crippen LogP contribution in [0, 0.1) is 0 Å². The first-order valence-electron chi connectivity index (χ1n) is 8.21. The highest BCUT2D eigenvalue weighted by Gasteiger charge is 2.16. The quantitative estimate of drug-likeness (QED) is 0.539. The number of hydrogen-bond donors (Lipinski definition) is 1. The molecule has 0 unspecified atom stereocenters. The van der Waals surface area contributed by atoms with Gasteiger partial charge in [-0.15, -0.1) is 0 Å². The molecule has 27 heavy (non-hydrogen) atoms. The third kappa shape index (κ3) is 4.64. The summed E-state index contributed by atoms with van der Waals surface area (Å²) in [6.07, 6.45) is 2.92. The number of amides is 1. The normalized spacial score (nSPS) is 10.1. The third-order valence-electron chi connectivity index (χ3n) is 3.73. The molecule has 0 atom stereocenters. The van der Waals surface area contributed by atoms with Gasteiger partial charge in [0.1, 0.15) is 0 Å². The molecule has 0 spiro atoms. The monoisotopic (exact) mass is 360 g/mol. The lowest BCUT2D eigenvalue weighted by Gasteiger charge is -2.11. The molecule has 3 rings (SSSR count). The number of nitrogens with one attached hydrogen (secondary N) is 1. The maximum absolute atomic E-state index is 12.7. The SMILES string of the molecule is O=C(COC(=O)c1ccncc1)Nc1ccccc1C(=O)c1ccccc1. The van der Waals surface area contributed by atoms with E-state index in [9.17, 15) is 14.4 Å². The number of para-hydroxylation sites is 1. The molecule has 6 nitrogen and oxygen atoms in total. The van der Waals surface area contributed by atoms with Gasteiger partial charge in [-0.3, -0.25) is 14.6 Å². The van der Waals surface area contributed by atoms with Gasteiger partial charge < -0.3 is 10.1 Å². The van der Waals surface area contributed by atoms with Gasteiger partial charge in [0.15, 0.2) is 12.4 Å². The molecule has 0 bridgehead atoms. The molecule has 0 saturated carbocycles. The first kappa shape index (κ1) is 18.0. The summed E-state index contributed by atoms with van der Waals surface area (Å²) in [6.45, 7) is -0.463. The van der Waals surface area contributed by atoms with Crippen molar-refractivity contribution >= 4 is 23.3 Å². The van der Waals surface area contributed by atoms with Gasteiger partial charge in [-0.05, 0) is 24.3 Å². The Morgan fingerprint density at radius 1 is 0.815 bits per heavy atom. The summed E-state index contributed by atoms with van der Waals surface area (Å²) >= 11 is 0. The van der Waals surface area contributed by atoms with Crippen LogP contribution in [0.4, 0.5) is 5.69 Å². The summed E-state index contributed by atoms with van der Waals surface area (Å²) in [7, 11) is 0. The van der Waals surface area contributed by atoms with Crippen molar-refractivity contribution in [2.75, 3.05) is 11.9 Å². The van der Waals surface area contributed by atoms with Gasteiger partial charge in [-0.1, -0.05) is 42.5 Å². The molecule has 3 aromatic rings. The van der Waals surface area contributed by atoms with Gasteiger partial charge in [0.2, 0.25) is 0 Å². The average molecular weight is 360 g/mol. The van der Waals surface area contributed by atoms with Crippen molar-refractivity contribution in [2.45, 2.75) is 0 Å². The van der Waals surface area contributed by atoms with Crippen LogP contribution in [0.15, 0.2) is 79.1 Å². The fraction of sp³-hybridized carbons (Fsp3) is 0.0476. The molecule has 134 valence electrons. The van der Waals surface area contributed by atoms with Crippen LogP contribution >= 0.6 is 0 Å². The fourth-order valence-corrected chi connectivity index (χ4v) is 2.42. The number of ether oxygens (including phenoxy) is 1. The summed E-state index contributed by atoms with van der Waals surface area (Å²) in [5.41, 5.74) is 1.54. The number of hydrogen-bond acceptors (Lipinski definition) is 5. The summed E-state index contributed by atoms with van der Waals surface area (Å²) in [6, 6.07) is 18.4. The number of carbonyl (C=O) groups is 3. The Bertz CT molecular complexity index is 956. The highest BCUT2D eigenvalue weighted by molar-refractivity contribution is 6.13. The Hall–Kier alpha value is -3.80. The molecule has 0 aliphatic carbocycles. The predicted molar refractivity (Wildman–Crippen MR) is 99.5 cm³/mol. The molecule has 1 N–H and O–H groups in total. The van der Waals surface area contributed by atoms with Gasteiger partial charge in [0.05, 0.1) is 11.3 Å². The summed E-state index contributed by atoms with van der Waals surface area (Å²) < 4.78 is 4.98. The minimum absolute atomic E-state index is 0.208. The number of esters is 1. The molecule has 1 heterocycles. The van der Waals surface area contributed by atoms with Crippen LogP contribution in [0.5, 0.6) is 0 Å². The van der Waals surface area contributed by atoms with Crippen molar-refractivity contribution in [3.05, 3.63) is 95.8 Å². The first-order valence-corrected chi connectivity index (χ1v) is 8.21. The number of anilines is 1. The fourth-order valence-electron chi connectivity index (χ4n) is 2.42. The Kier molecular flexibility index (Phi) is 5.69. The summed E-state index contributed by atoms with van der Waals surface area (Å²) in [4.78, 5) is 40.5. The second-order valence-corrected chi connectivity index (χ2v) is 5.60. The highest BCUT2D eigenvalue weighted by Crippen LogP contribution is 2.19. The van der Waals surface area contributed by atoms with E-state index in [1.807, 2.05) is 6.07 Å². The van der Waals surface area contributed by atoms with E-state index in [4.69, 9.17) is 4.74 Å². The zero-order valence-electron chi connectivity index (χ0n) is 14.3. The van der Waals surface area contributed by atoms with E-state index in [-0.39, 0.29) is 5.78 Å². The van der Waals surface area contributed by atoms with Gasteiger partial charge >= 0.3 is 5.97 Å². The molecule has 0 radical (unpaired) electrons. The van der Waals surface area contributed by atoms with Crippen LogP contribution in [0.1, 0.15) is 26.3 Å². The van der Waals surface area contributed by atoms with Crippen molar-refractivity contribution in [3.63, 3.8) is 0 Å². The summed E-state index contributed by atoms with van der Waals surface area (Å²) in [5, 5.41) is 2.62. The van der Waals surface area contributed by atoms with Crippen molar-refractivity contribution in [3.8, 4) is 0 Å². The predicted octanol–water partition coefficient (Wildman–Crippen LogP) is 3.11. The van der Waals surface area contributed by atoms with Crippen molar-refractivity contribution < 1.29 is 19.1 Å². The van der Waals surface area contributed by atoms with E-state index in [0.29, 0.717) is 22.4 Å². The number of carbonyl (C=O) groups excluding carboxylic acids is 3. The van der Waals surface area contributed by atoms with Crippen LogP contribution in [-0.2, 0) is 9.53 Å². The maximum atomic E-state index is 12.7. The molecule has 2 aromatic carbocycles. The lowest BCUT2D eigenvalue weighted by atomic mass is 10.0. The van der Waals surface area contributed by atoms with Crippen LogP contribution in [0.25, 0.3) is 0 Å². The van der Waals surface area contributed by atoms with Crippen LogP contribution < -0.4 is 5.32 Å². The zero-order chi connectivity index (χ0) is 19.1. The van der Waals surface area contributed by atoms with E-state index in [2.05, 4.69) is 10.3 Å².